The second kappa shape index (κ2) is 9.33. The molecule has 0 atom stereocenters. The normalized spacial score (nSPS) is 10.2. The van der Waals surface area contributed by atoms with Crippen LogP contribution >= 0.6 is 11.6 Å². The molecule has 7 heteroatoms. The van der Waals surface area contributed by atoms with Gasteiger partial charge in [0.15, 0.2) is 0 Å². The second-order valence-corrected chi connectivity index (χ2v) is 4.63. The summed E-state index contributed by atoms with van der Waals surface area (Å²) < 4.78 is 9.50. The molecule has 0 spiro atoms. The zero-order valence-corrected chi connectivity index (χ0v) is 12.8. The zero-order valence-electron chi connectivity index (χ0n) is 12.1. The van der Waals surface area contributed by atoms with Crippen LogP contribution < -0.4 is 10.6 Å². The number of ether oxygens (including phenoxy) is 2. The maximum absolute atomic E-state index is 11.8. The third kappa shape index (κ3) is 6.12. The Hall–Kier alpha value is -1.63. The first-order valence-electron chi connectivity index (χ1n) is 6.46. The summed E-state index contributed by atoms with van der Waals surface area (Å²) in [7, 11) is 2.91. The third-order valence-electron chi connectivity index (χ3n) is 2.67. The van der Waals surface area contributed by atoms with Crippen molar-refractivity contribution >= 4 is 29.2 Å². The minimum Gasteiger partial charge on any atom is -0.465 e. The van der Waals surface area contributed by atoms with Crippen molar-refractivity contribution in [2.45, 2.75) is 6.42 Å². The van der Waals surface area contributed by atoms with Crippen molar-refractivity contribution in [1.82, 2.24) is 5.32 Å². The predicted molar refractivity (Wildman–Crippen MR) is 80.8 cm³/mol. The molecule has 116 valence electrons. The molecule has 1 aromatic carbocycles. The Bertz CT molecular complexity index is 494. The monoisotopic (exact) mass is 314 g/mol. The number of anilines is 1. The van der Waals surface area contributed by atoms with Gasteiger partial charge in [-0.15, -0.1) is 0 Å². The molecule has 0 saturated heterocycles. The van der Waals surface area contributed by atoms with Crippen molar-refractivity contribution < 1.29 is 19.1 Å². The minimum atomic E-state index is -0.483. The summed E-state index contributed by atoms with van der Waals surface area (Å²) in [6.45, 7) is 1.81. The highest BCUT2D eigenvalue weighted by atomic mass is 35.5. The summed E-state index contributed by atoms with van der Waals surface area (Å²) >= 11 is 5.99. The van der Waals surface area contributed by atoms with E-state index in [-0.39, 0.29) is 5.91 Å². The Labute approximate surface area is 128 Å². The Morgan fingerprint density at radius 1 is 1.24 bits per heavy atom. The van der Waals surface area contributed by atoms with Crippen LogP contribution in [0.4, 0.5) is 5.69 Å². The van der Waals surface area contributed by atoms with Crippen LogP contribution in [0.1, 0.15) is 16.8 Å². The maximum Gasteiger partial charge on any atom is 0.337 e. The van der Waals surface area contributed by atoms with E-state index in [2.05, 4.69) is 15.4 Å². The summed E-state index contributed by atoms with van der Waals surface area (Å²) in [5.41, 5.74) is 0.719. The van der Waals surface area contributed by atoms with E-state index in [1.54, 1.807) is 13.2 Å². The molecule has 0 aromatic heterocycles. The van der Waals surface area contributed by atoms with Crippen LogP contribution in [-0.4, -0.2) is 45.8 Å². The molecule has 0 saturated carbocycles. The summed E-state index contributed by atoms with van der Waals surface area (Å²) in [5, 5.41) is 6.10. The summed E-state index contributed by atoms with van der Waals surface area (Å²) in [5.74, 6) is -0.674. The fraction of sp³-hybridized carbons (Fsp3) is 0.429. The van der Waals surface area contributed by atoms with Crippen LogP contribution in [0, 0.1) is 0 Å². The van der Waals surface area contributed by atoms with Gasteiger partial charge in [0.05, 0.1) is 30.0 Å². The Kier molecular flexibility index (Phi) is 7.74. The van der Waals surface area contributed by atoms with Crippen molar-refractivity contribution in [2.75, 3.05) is 39.2 Å². The van der Waals surface area contributed by atoms with Crippen molar-refractivity contribution in [1.29, 1.82) is 0 Å². The van der Waals surface area contributed by atoms with Crippen molar-refractivity contribution in [3.63, 3.8) is 0 Å². The number of carbonyl (C=O) groups is 2. The number of carbonyl (C=O) groups excluding carboxylic acids is 2. The molecule has 0 fully saturated rings. The lowest BCUT2D eigenvalue weighted by Gasteiger charge is -2.09. The van der Waals surface area contributed by atoms with Crippen molar-refractivity contribution in [3.8, 4) is 0 Å². The fourth-order valence-electron chi connectivity index (χ4n) is 1.58. The molecule has 0 aliphatic rings. The van der Waals surface area contributed by atoms with Gasteiger partial charge in [-0.2, -0.15) is 0 Å². The van der Waals surface area contributed by atoms with Crippen LogP contribution in [-0.2, 0) is 14.3 Å². The number of methoxy groups -OCH3 is 2. The number of benzene rings is 1. The van der Waals surface area contributed by atoms with Crippen LogP contribution in [0.15, 0.2) is 18.2 Å². The Balaban J connectivity index is 2.53. The van der Waals surface area contributed by atoms with Gasteiger partial charge in [-0.3, -0.25) is 4.79 Å². The van der Waals surface area contributed by atoms with Gasteiger partial charge in [0, 0.05) is 26.6 Å². The quantitative estimate of drug-likeness (QED) is 0.564. The molecule has 0 unspecified atom stereocenters. The van der Waals surface area contributed by atoms with Gasteiger partial charge in [-0.1, -0.05) is 11.6 Å². The topological polar surface area (TPSA) is 76.7 Å². The standard InChI is InChI=1S/C14H19ClN2O4/c1-20-8-7-16-6-5-13(18)17-12-9-10(14(19)21-2)3-4-11(12)15/h3-4,9,16H,5-8H2,1-2H3,(H,17,18). The lowest BCUT2D eigenvalue weighted by atomic mass is 10.2. The van der Waals surface area contributed by atoms with Gasteiger partial charge < -0.3 is 20.1 Å². The molecule has 0 radical (unpaired) electrons. The van der Waals surface area contributed by atoms with E-state index in [1.807, 2.05) is 0 Å². The second-order valence-electron chi connectivity index (χ2n) is 4.23. The molecule has 1 amide bonds. The molecule has 0 bridgehead atoms. The number of hydrogen-bond donors (Lipinski definition) is 2. The predicted octanol–water partition coefficient (Wildman–Crippen LogP) is 1.69. The molecule has 0 heterocycles. The first-order chi connectivity index (χ1) is 10.1. The van der Waals surface area contributed by atoms with E-state index in [1.165, 1.54) is 19.2 Å². The molecule has 0 aliphatic heterocycles. The molecule has 1 rings (SSSR count). The smallest absolute Gasteiger partial charge is 0.337 e. The maximum atomic E-state index is 11.8. The average Bonchev–Trinajstić information content (AvgIpc) is 2.48. The number of esters is 1. The lowest BCUT2D eigenvalue weighted by molar-refractivity contribution is -0.116. The van der Waals surface area contributed by atoms with E-state index in [0.717, 1.165) is 0 Å². The summed E-state index contributed by atoms with van der Waals surface area (Å²) in [6.07, 6.45) is 0.294. The number of nitrogens with one attached hydrogen (secondary N) is 2. The van der Waals surface area contributed by atoms with Crippen molar-refractivity contribution in [3.05, 3.63) is 28.8 Å². The van der Waals surface area contributed by atoms with Crippen LogP contribution in [0.5, 0.6) is 0 Å². The van der Waals surface area contributed by atoms with Crippen LogP contribution in [0.3, 0.4) is 0 Å². The van der Waals surface area contributed by atoms with Crippen LogP contribution in [0.2, 0.25) is 5.02 Å². The molecule has 1 aromatic rings. The summed E-state index contributed by atoms with van der Waals surface area (Å²) in [4.78, 5) is 23.2. The Morgan fingerprint density at radius 2 is 2.00 bits per heavy atom. The molecule has 2 N–H and O–H groups in total. The summed E-state index contributed by atoms with van der Waals surface area (Å²) in [6, 6.07) is 4.57. The van der Waals surface area contributed by atoms with Gasteiger partial charge in [0.1, 0.15) is 0 Å². The first-order valence-corrected chi connectivity index (χ1v) is 6.83. The molecule has 0 aliphatic carbocycles. The van der Waals surface area contributed by atoms with Crippen LogP contribution in [0.25, 0.3) is 0 Å². The van der Waals surface area contributed by atoms with Gasteiger partial charge in [-0.05, 0) is 18.2 Å². The Morgan fingerprint density at radius 3 is 2.67 bits per heavy atom. The fourth-order valence-corrected chi connectivity index (χ4v) is 1.74. The zero-order chi connectivity index (χ0) is 15.7. The minimum absolute atomic E-state index is 0.191. The third-order valence-corrected chi connectivity index (χ3v) is 3.00. The SMILES string of the molecule is COCCNCCC(=O)Nc1cc(C(=O)OC)ccc1Cl. The molecule has 6 nitrogen and oxygen atoms in total. The highest BCUT2D eigenvalue weighted by Crippen LogP contribution is 2.23. The van der Waals surface area contributed by atoms with E-state index in [0.29, 0.717) is 42.4 Å². The molecular weight excluding hydrogens is 296 g/mol. The first kappa shape index (κ1) is 17.4. The van der Waals surface area contributed by atoms with Crippen molar-refractivity contribution in [2.24, 2.45) is 0 Å². The molecule has 21 heavy (non-hydrogen) atoms. The number of hydrogen-bond acceptors (Lipinski definition) is 5. The van der Waals surface area contributed by atoms with E-state index < -0.39 is 5.97 Å². The highest BCUT2D eigenvalue weighted by molar-refractivity contribution is 6.33. The van der Waals surface area contributed by atoms with Gasteiger partial charge in [0.2, 0.25) is 5.91 Å². The van der Waals surface area contributed by atoms with Gasteiger partial charge in [-0.25, -0.2) is 4.79 Å². The number of rotatable bonds is 8. The van der Waals surface area contributed by atoms with E-state index >= 15 is 0 Å². The van der Waals surface area contributed by atoms with E-state index in [9.17, 15) is 9.59 Å². The highest BCUT2D eigenvalue weighted by Gasteiger charge is 2.11. The number of amides is 1. The molecular formula is C14H19ClN2O4. The van der Waals surface area contributed by atoms with Gasteiger partial charge >= 0.3 is 5.97 Å². The largest absolute Gasteiger partial charge is 0.465 e. The number of halogens is 1. The van der Waals surface area contributed by atoms with E-state index in [4.69, 9.17) is 16.3 Å². The lowest BCUT2D eigenvalue weighted by Crippen LogP contribution is -2.24. The average molecular weight is 315 g/mol. The van der Waals surface area contributed by atoms with Gasteiger partial charge in [0.25, 0.3) is 0 Å².